The molecule has 0 N–H and O–H groups in total. The summed E-state index contributed by atoms with van der Waals surface area (Å²) < 4.78 is 23.3. The molecule has 0 bridgehead atoms. The molecule has 0 saturated carbocycles. The van der Waals surface area contributed by atoms with Gasteiger partial charge in [-0.25, -0.2) is 0 Å². The number of ether oxygens (including phenoxy) is 4. The number of unbranched alkanes of at least 4 members (excludes halogenated alkanes) is 4. The van der Waals surface area contributed by atoms with E-state index in [1.165, 1.54) is 0 Å². The van der Waals surface area contributed by atoms with Gasteiger partial charge in [0.05, 0.1) is 26.4 Å². The topological polar surface area (TPSA) is 71.1 Å². The van der Waals surface area contributed by atoms with Crippen LogP contribution in [0.1, 0.15) is 59.2 Å². The molecule has 3 aromatic rings. The first-order chi connectivity index (χ1) is 17.8. The van der Waals surface area contributed by atoms with Gasteiger partial charge in [0.2, 0.25) is 0 Å². The van der Waals surface area contributed by atoms with E-state index in [9.17, 15) is 9.59 Å². The maximum atomic E-state index is 10.7. The highest BCUT2D eigenvalue weighted by atomic mass is 16.5. The van der Waals surface area contributed by atoms with E-state index in [2.05, 4.69) is 0 Å². The lowest BCUT2D eigenvalue weighted by Crippen LogP contribution is -2.04. The zero-order chi connectivity index (χ0) is 25.3. The van der Waals surface area contributed by atoms with Gasteiger partial charge in [-0.3, -0.25) is 9.59 Å². The Balaban J connectivity index is 1.23. The van der Waals surface area contributed by atoms with Gasteiger partial charge < -0.3 is 18.9 Å². The van der Waals surface area contributed by atoms with E-state index in [-0.39, 0.29) is 0 Å². The summed E-state index contributed by atoms with van der Waals surface area (Å²) in [6, 6.07) is 22.0. The van der Waals surface area contributed by atoms with Crippen molar-refractivity contribution in [2.75, 3.05) is 26.4 Å². The number of carbonyl (C=O) groups is 2. The first-order valence-corrected chi connectivity index (χ1v) is 12.5. The van der Waals surface area contributed by atoms with E-state index >= 15 is 0 Å². The van der Waals surface area contributed by atoms with Crippen LogP contribution in [-0.2, 0) is 0 Å². The minimum atomic E-state index is 0.625. The molecule has 6 nitrogen and oxygen atoms in total. The van der Waals surface area contributed by atoms with Crippen molar-refractivity contribution in [1.29, 1.82) is 0 Å². The van der Waals surface area contributed by atoms with Gasteiger partial charge in [-0.1, -0.05) is 12.1 Å². The zero-order valence-electron chi connectivity index (χ0n) is 20.6. The summed E-state index contributed by atoms with van der Waals surface area (Å²) >= 11 is 0. The molecule has 0 aliphatic carbocycles. The summed E-state index contributed by atoms with van der Waals surface area (Å²) in [5, 5.41) is 0. The summed E-state index contributed by atoms with van der Waals surface area (Å²) in [5.41, 5.74) is 1.29. The van der Waals surface area contributed by atoms with Crippen molar-refractivity contribution in [2.24, 2.45) is 0 Å². The minimum Gasteiger partial charge on any atom is -0.494 e. The van der Waals surface area contributed by atoms with Gasteiger partial charge in [0.15, 0.2) is 11.5 Å². The largest absolute Gasteiger partial charge is 0.494 e. The van der Waals surface area contributed by atoms with E-state index < -0.39 is 0 Å². The lowest BCUT2D eigenvalue weighted by Gasteiger charge is -2.13. The van der Waals surface area contributed by atoms with E-state index in [0.29, 0.717) is 37.6 Å². The van der Waals surface area contributed by atoms with E-state index in [1.54, 1.807) is 24.3 Å². The zero-order valence-corrected chi connectivity index (χ0v) is 20.6. The molecule has 3 rings (SSSR count). The van der Waals surface area contributed by atoms with Gasteiger partial charge in [0.25, 0.3) is 0 Å². The molecule has 0 amide bonds. The van der Waals surface area contributed by atoms with E-state index in [1.807, 2.05) is 48.5 Å². The van der Waals surface area contributed by atoms with Crippen molar-refractivity contribution in [3.8, 4) is 23.0 Å². The van der Waals surface area contributed by atoms with Gasteiger partial charge in [-0.2, -0.15) is 0 Å². The smallest absolute Gasteiger partial charge is 0.161 e. The van der Waals surface area contributed by atoms with Gasteiger partial charge in [-0.05, 0) is 99.2 Å². The molecular formula is C30H34O6. The Labute approximate surface area is 213 Å². The number of benzene rings is 3. The van der Waals surface area contributed by atoms with E-state index in [0.717, 1.165) is 74.1 Å². The van der Waals surface area contributed by atoms with Crippen molar-refractivity contribution in [2.45, 2.75) is 38.5 Å². The lowest BCUT2D eigenvalue weighted by molar-refractivity contribution is 0.111. The first-order valence-electron chi connectivity index (χ1n) is 12.5. The molecule has 0 aliphatic rings. The Morgan fingerprint density at radius 3 is 1.17 bits per heavy atom. The van der Waals surface area contributed by atoms with Crippen molar-refractivity contribution >= 4 is 12.6 Å². The number of hydrogen-bond donors (Lipinski definition) is 0. The number of rotatable bonds is 18. The Hall–Kier alpha value is -3.80. The van der Waals surface area contributed by atoms with Gasteiger partial charge in [-0.15, -0.1) is 0 Å². The van der Waals surface area contributed by atoms with Gasteiger partial charge >= 0.3 is 0 Å². The summed E-state index contributed by atoms with van der Waals surface area (Å²) in [5.74, 6) is 3.10. The third kappa shape index (κ3) is 9.82. The highest BCUT2D eigenvalue weighted by molar-refractivity contribution is 5.75. The third-order valence-corrected chi connectivity index (χ3v) is 5.51. The maximum absolute atomic E-state index is 10.7. The Morgan fingerprint density at radius 1 is 0.444 bits per heavy atom. The SMILES string of the molecule is O=Cc1ccc(OCCCCCOc2ccccc2OCCCCCOc2ccc(C=O)cc2)cc1. The first kappa shape index (κ1) is 26.8. The predicted molar refractivity (Wildman–Crippen MR) is 140 cm³/mol. The van der Waals surface area contributed by atoms with Crippen LogP contribution in [0.5, 0.6) is 23.0 Å². The van der Waals surface area contributed by atoms with Crippen molar-refractivity contribution in [1.82, 2.24) is 0 Å². The number of para-hydroxylation sites is 2. The maximum Gasteiger partial charge on any atom is 0.161 e. The molecule has 0 saturated heterocycles. The lowest BCUT2D eigenvalue weighted by atomic mass is 10.2. The fourth-order valence-corrected chi connectivity index (χ4v) is 3.48. The molecule has 0 unspecified atom stereocenters. The van der Waals surface area contributed by atoms with Crippen LogP contribution < -0.4 is 18.9 Å². The predicted octanol–water partition coefficient (Wildman–Crippen LogP) is 6.57. The number of aldehydes is 2. The highest BCUT2D eigenvalue weighted by Gasteiger charge is 2.04. The second-order valence-electron chi connectivity index (χ2n) is 8.34. The molecule has 190 valence electrons. The highest BCUT2D eigenvalue weighted by Crippen LogP contribution is 2.27. The van der Waals surface area contributed by atoms with Crippen LogP contribution in [0.4, 0.5) is 0 Å². The molecule has 0 radical (unpaired) electrons. The molecule has 0 atom stereocenters. The quantitative estimate of drug-likeness (QED) is 0.148. The van der Waals surface area contributed by atoms with Crippen molar-refractivity contribution in [3.63, 3.8) is 0 Å². The van der Waals surface area contributed by atoms with Crippen LogP contribution >= 0.6 is 0 Å². The molecule has 0 spiro atoms. The Morgan fingerprint density at radius 2 is 0.806 bits per heavy atom. The third-order valence-electron chi connectivity index (χ3n) is 5.51. The molecule has 36 heavy (non-hydrogen) atoms. The van der Waals surface area contributed by atoms with Crippen LogP contribution in [-0.4, -0.2) is 39.0 Å². The Bertz CT molecular complexity index is 946. The van der Waals surface area contributed by atoms with Gasteiger partial charge in [0.1, 0.15) is 24.1 Å². The monoisotopic (exact) mass is 490 g/mol. The summed E-state index contributed by atoms with van der Waals surface area (Å²) in [6.45, 7) is 2.52. The second-order valence-corrected chi connectivity index (χ2v) is 8.34. The molecule has 0 aromatic heterocycles. The second kappa shape index (κ2) is 16.0. The molecule has 0 fully saturated rings. The van der Waals surface area contributed by atoms with Gasteiger partial charge in [0, 0.05) is 11.1 Å². The van der Waals surface area contributed by atoms with Crippen LogP contribution in [0, 0.1) is 0 Å². The van der Waals surface area contributed by atoms with Crippen molar-refractivity contribution in [3.05, 3.63) is 83.9 Å². The van der Waals surface area contributed by atoms with Crippen LogP contribution in [0.15, 0.2) is 72.8 Å². The molecule has 6 heteroatoms. The molecule has 3 aromatic carbocycles. The fraction of sp³-hybridized carbons (Fsp3) is 0.333. The number of hydrogen-bond acceptors (Lipinski definition) is 6. The number of carbonyl (C=O) groups excluding carboxylic acids is 2. The van der Waals surface area contributed by atoms with Crippen LogP contribution in [0.25, 0.3) is 0 Å². The molecular weight excluding hydrogens is 456 g/mol. The molecule has 0 heterocycles. The normalized spacial score (nSPS) is 10.4. The standard InChI is InChI=1S/C30H34O6/c31-23-25-11-15-27(16-12-25)33-19-5-1-7-21-35-29-9-3-4-10-30(29)36-22-8-2-6-20-34-28-17-13-26(24-32)14-18-28/h3-4,9-18,23-24H,1-2,5-8,19-22H2. The summed E-state index contributed by atoms with van der Waals surface area (Å²) in [4.78, 5) is 21.4. The average molecular weight is 491 g/mol. The van der Waals surface area contributed by atoms with Crippen LogP contribution in [0.2, 0.25) is 0 Å². The van der Waals surface area contributed by atoms with E-state index in [4.69, 9.17) is 18.9 Å². The Kier molecular flexibility index (Phi) is 11.9. The van der Waals surface area contributed by atoms with Crippen molar-refractivity contribution < 1.29 is 28.5 Å². The summed E-state index contributed by atoms with van der Waals surface area (Å²) in [7, 11) is 0. The van der Waals surface area contributed by atoms with Crippen LogP contribution in [0.3, 0.4) is 0 Å². The minimum absolute atomic E-state index is 0.625. The summed E-state index contributed by atoms with van der Waals surface area (Å²) in [6.07, 6.45) is 7.38. The fourth-order valence-electron chi connectivity index (χ4n) is 3.48. The molecule has 0 aliphatic heterocycles. The average Bonchev–Trinajstić information content (AvgIpc) is 2.93.